The summed E-state index contributed by atoms with van der Waals surface area (Å²) in [6.45, 7) is 0.0748. The second-order valence-electron chi connectivity index (χ2n) is 4.08. The molecule has 19 heavy (non-hydrogen) atoms. The van der Waals surface area contributed by atoms with Gasteiger partial charge in [0.15, 0.2) is 0 Å². The molecule has 0 saturated heterocycles. The van der Waals surface area contributed by atoms with Crippen molar-refractivity contribution >= 4 is 15.9 Å². The van der Waals surface area contributed by atoms with Crippen LogP contribution in [0.5, 0.6) is 5.75 Å². The van der Waals surface area contributed by atoms with Crippen molar-refractivity contribution < 1.29 is 17.9 Å². The quantitative estimate of drug-likeness (QED) is 0.817. The molecule has 0 radical (unpaired) electrons. The standard InChI is InChI=1S/C12H18N2O4S/c1-14(2)19(16,17)9-8-13-12(15)10-4-6-11(18-3)7-5-10/h4-7H,8-9H2,1-3H3,(H,13,15). The Hall–Kier alpha value is -1.60. The summed E-state index contributed by atoms with van der Waals surface area (Å²) >= 11 is 0. The summed E-state index contributed by atoms with van der Waals surface area (Å²) in [5.41, 5.74) is 0.461. The van der Waals surface area contributed by atoms with Gasteiger partial charge in [-0.1, -0.05) is 0 Å². The Morgan fingerprint density at radius 3 is 2.32 bits per heavy atom. The Morgan fingerprint density at radius 2 is 1.84 bits per heavy atom. The second kappa shape index (κ2) is 6.53. The van der Waals surface area contributed by atoms with Gasteiger partial charge in [0.2, 0.25) is 10.0 Å². The molecule has 1 rings (SSSR count). The molecule has 0 aliphatic carbocycles. The van der Waals surface area contributed by atoms with Crippen LogP contribution in [0.2, 0.25) is 0 Å². The monoisotopic (exact) mass is 286 g/mol. The minimum Gasteiger partial charge on any atom is -0.497 e. The van der Waals surface area contributed by atoms with Crippen molar-refractivity contribution in [3.8, 4) is 5.75 Å². The number of hydrogen-bond donors (Lipinski definition) is 1. The summed E-state index contributed by atoms with van der Waals surface area (Å²) in [4.78, 5) is 11.7. The van der Waals surface area contributed by atoms with E-state index < -0.39 is 10.0 Å². The van der Waals surface area contributed by atoms with Gasteiger partial charge in [0, 0.05) is 26.2 Å². The van der Waals surface area contributed by atoms with E-state index in [1.54, 1.807) is 31.4 Å². The smallest absolute Gasteiger partial charge is 0.251 e. The number of hydrogen-bond acceptors (Lipinski definition) is 4. The summed E-state index contributed by atoms with van der Waals surface area (Å²) in [5, 5.41) is 2.56. The van der Waals surface area contributed by atoms with E-state index in [9.17, 15) is 13.2 Å². The molecular weight excluding hydrogens is 268 g/mol. The molecule has 0 bridgehead atoms. The Bertz CT molecular complexity index is 523. The molecular formula is C12H18N2O4S. The second-order valence-corrected chi connectivity index (χ2v) is 6.39. The maximum Gasteiger partial charge on any atom is 0.251 e. The highest BCUT2D eigenvalue weighted by molar-refractivity contribution is 7.89. The first kappa shape index (κ1) is 15.5. The third kappa shape index (κ3) is 4.53. The molecule has 1 aromatic rings. The number of sulfonamides is 1. The van der Waals surface area contributed by atoms with Crippen molar-refractivity contribution in [2.45, 2.75) is 0 Å². The molecule has 0 aliphatic rings. The van der Waals surface area contributed by atoms with E-state index in [4.69, 9.17) is 4.74 Å². The van der Waals surface area contributed by atoms with Crippen LogP contribution in [0.4, 0.5) is 0 Å². The van der Waals surface area contributed by atoms with Crippen LogP contribution in [0.3, 0.4) is 0 Å². The molecule has 0 aromatic heterocycles. The van der Waals surface area contributed by atoms with Crippen molar-refractivity contribution in [1.29, 1.82) is 0 Å². The number of rotatable bonds is 6. The van der Waals surface area contributed by atoms with Crippen LogP contribution < -0.4 is 10.1 Å². The number of nitrogens with zero attached hydrogens (tertiary/aromatic N) is 1. The zero-order valence-corrected chi connectivity index (χ0v) is 12.0. The van der Waals surface area contributed by atoms with Gasteiger partial charge in [-0.15, -0.1) is 0 Å². The van der Waals surface area contributed by atoms with E-state index in [0.717, 1.165) is 4.31 Å². The number of amides is 1. The van der Waals surface area contributed by atoms with E-state index in [0.29, 0.717) is 11.3 Å². The number of ether oxygens (including phenoxy) is 1. The Morgan fingerprint density at radius 1 is 1.26 bits per heavy atom. The topological polar surface area (TPSA) is 75.7 Å². The fourth-order valence-corrected chi connectivity index (χ4v) is 2.05. The zero-order chi connectivity index (χ0) is 14.5. The number of nitrogens with one attached hydrogen (secondary N) is 1. The summed E-state index contributed by atoms with van der Waals surface area (Å²) in [7, 11) is 1.17. The Kier molecular flexibility index (Phi) is 5.31. The van der Waals surface area contributed by atoms with Gasteiger partial charge < -0.3 is 10.1 Å². The summed E-state index contributed by atoms with van der Waals surface area (Å²) in [6.07, 6.45) is 0. The fraction of sp³-hybridized carbons (Fsp3) is 0.417. The summed E-state index contributed by atoms with van der Waals surface area (Å²) in [5.74, 6) is 0.227. The lowest BCUT2D eigenvalue weighted by molar-refractivity contribution is 0.0956. The average Bonchev–Trinajstić information content (AvgIpc) is 2.38. The van der Waals surface area contributed by atoms with Crippen molar-refractivity contribution in [1.82, 2.24) is 9.62 Å². The van der Waals surface area contributed by atoms with Crippen molar-refractivity contribution in [2.75, 3.05) is 33.5 Å². The molecule has 0 atom stereocenters. The van der Waals surface area contributed by atoms with Crippen LogP contribution in [0.25, 0.3) is 0 Å². The van der Waals surface area contributed by atoms with Gasteiger partial charge in [0.05, 0.1) is 12.9 Å². The molecule has 0 spiro atoms. The van der Waals surface area contributed by atoms with Crippen molar-refractivity contribution in [3.05, 3.63) is 29.8 Å². The predicted octanol–water partition coefficient (Wildman–Crippen LogP) is 0.316. The van der Waals surface area contributed by atoms with Gasteiger partial charge in [-0.2, -0.15) is 0 Å². The number of benzene rings is 1. The molecule has 0 heterocycles. The van der Waals surface area contributed by atoms with Crippen molar-refractivity contribution in [3.63, 3.8) is 0 Å². The Labute approximate surface area is 113 Å². The third-order valence-corrected chi connectivity index (χ3v) is 4.39. The highest BCUT2D eigenvalue weighted by Gasteiger charge is 2.14. The predicted molar refractivity (Wildman–Crippen MR) is 72.8 cm³/mol. The number of carbonyl (C=O) groups is 1. The summed E-state index contributed by atoms with van der Waals surface area (Å²) in [6, 6.07) is 6.58. The van der Waals surface area contributed by atoms with Crippen LogP contribution >= 0.6 is 0 Å². The lowest BCUT2D eigenvalue weighted by Crippen LogP contribution is -2.33. The molecule has 106 valence electrons. The number of methoxy groups -OCH3 is 1. The van der Waals surface area contributed by atoms with Gasteiger partial charge in [0.1, 0.15) is 5.75 Å². The van der Waals surface area contributed by atoms with E-state index in [2.05, 4.69) is 5.32 Å². The Balaban J connectivity index is 2.52. The van der Waals surface area contributed by atoms with E-state index in [1.165, 1.54) is 14.1 Å². The first-order valence-corrected chi connectivity index (χ1v) is 7.30. The molecule has 0 unspecified atom stereocenters. The average molecular weight is 286 g/mol. The fourth-order valence-electron chi connectivity index (χ4n) is 1.32. The van der Waals surface area contributed by atoms with E-state index >= 15 is 0 Å². The number of carbonyl (C=O) groups excluding carboxylic acids is 1. The highest BCUT2D eigenvalue weighted by Crippen LogP contribution is 2.10. The van der Waals surface area contributed by atoms with Crippen molar-refractivity contribution in [2.24, 2.45) is 0 Å². The molecule has 6 nitrogen and oxygen atoms in total. The van der Waals surface area contributed by atoms with Crippen LogP contribution in [0.1, 0.15) is 10.4 Å². The van der Waals surface area contributed by atoms with Gasteiger partial charge in [-0.05, 0) is 24.3 Å². The third-order valence-electron chi connectivity index (χ3n) is 2.55. The normalized spacial score (nSPS) is 11.4. The molecule has 1 N–H and O–H groups in total. The molecule has 0 saturated carbocycles. The highest BCUT2D eigenvalue weighted by atomic mass is 32.2. The first-order chi connectivity index (χ1) is 8.86. The summed E-state index contributed by atoms with van der Waals surface area (Å²) < 4.78 is 29.1. The molecule has 1 amide bonds. The minimum atomic E-state index is -3.29. The van der Waals surface area contributed by atoms with Crippen LogP contribution in [-0.2, 0) is 10.0 Å². The van der Waals surface area contributed by atoms with E-state index in [-0.39, 0.29) is 18.2 Å². The molecule has 0 fully saturated rings. The first-order valence-electron chi connectivity index (χ1n) is 5.69. The van der Waals surface area contributed by atoms with Crippen LogP contribution in [-0.4, -0.2) is 52.1 Å². The zero-order valence-electron chi connectivity index (χ0n) is 11.2. The lowest BCUT2D eigenvalue weighted by Gasteiger charge is -2.11. The molecule has 0 aliphatic heterocycles. The molecule has 7 heteroatoms. The minimum absolute atomic E-state index is 0.0748. The maximum atomic E-state index is 11.7. The van der Waals surface area contributed by atoms with Gasteiger partial charge in [-0.25, -0.2) is 12.7 Å². The van der Waals surface area contributed by atoms with Crippen LogP contribution in [0, 0.1) is 0 Å². The van der Waals surface area contributed by atoms with Gasteiger partial charge in [0.25, 0.3) is 5.91 Å². The maximum absolute atomic E-state index is 11.7. The van der Waals surface area contributed by atoms with Gasteiger partial charge >= 0.3 is 0 Å². The van der Waals surface area contributed by atoms with E-state index in [1.807, 2.05) is 0 Å². The van der Waals surface area contributed by atoms with Gasteiger partial charge in [-0.3, -0.25) is 4.79 Å². The van der Waals surface area contributed by atoms with Crippen LogP contribution in [0.15, 0.2) is 24.3 Å². The SMILES string of the molecule is COc1ccc(C(=O)NCCS(=O)(=O)N(C)C)cc1. The molecule has 1 aromatic carbocycles. The lowest BCUT2D eigenvalue weighted by atomic mass is 10.2. The largest absolute Gasteiger partial charge is 0.497 e.